The average Bonchev–Trinajstić information content (AvgIpc) is 3.11. The van der Waals surface area contributed by atoms with Gasteiger partial charge in [0.2, 0.25) is 0 Å². The molecule has 3 heteroatoms. The second-order valence-corrected chi connectivity index (χ2v) is 6.69. The van der Waals surface area contributed by atoms with Gasteiger partial charge >= 0.3 is 0 Å². The molecular formula is C22H17NOS. The maximum Gasteiger partial charge on any atom is 0.136 e. The Hall–Kier alpha value is -2.91. The molecule has 122 valence electrons. The number of ether oxygens (including phenoxy) is 1. The number of hydrogen-bond donors (Lipinski definition) is 0. The molecule has 0 aliphatic heterocycles. The zero-order valence-electron chi connectivity index (χ0n) is 13.8. The Morgan fingerprint density at radius 3 is 2.44 bits per heavy atom. The fraction of sp³-hybridized carbons (Fsp3) is 0.0455. The number of methoxy groups -OCH3 is 1. The highest BCUT2D eigenvalue weighted by molar-refractivity contribution is 7.21. The molecule has 0 N–H and O–H groups in total. The topological polar surface area (TPSA) is 22.1 Å². The third kappa shape index (κ3) is 3.19. The van der Waals surface area contributed by atoms with Crippen LogP contribution < -0.4 is 4.74 Å². The van der Waals surface area contributed by atoms with E-state index in [4.69, 9.17) is 9.72 Å². The fourth-order valence-electron chi connectivity index (χ4n) is 2.82. The lowest BCUT2D eigenvalue weighted by Gasteiger charge is -2.09. The van der Waals surface area contributed by atoms with Crippen LogP contribution in [-0.2, 0) is 0 Å². The lowest BCUT2D eigenvalue weighted by molar-refractivity contribution is 0.415. The minimum absolute atomic E-state index is 0.855. The molecule has 4 aromatic rings. The van der Waals surface area contributed by atoms with Gasteiger partial charge in [0.15, 0.2) is 0 Å². The molecule has 1 aromatic heterocycles. The van der Waals surface area contributed by atoms with Crippen LogP contribution in [0.3, 0.4) is 0 Å². The van der Waals surface area contributed by atoms with Crippen molar-refractivity contribution in [3.05, 3.63) is 83.9 Å². The predicted molar refractivity (Wildman–Crippen MR) is 107 cm³/mol. The van der Waals surface area contributed by atoms with Crippen LogP contribution in [-0.4, -0.2) is 12.1 Å². The van der Waals surface area contributed by atoms with Crippen molar-refractivity contribution < 1.29 is 4.74 Å². The highest BCUT2D eigenvalue weighted by Gasteiger charge is 2.13. The molecule has 0 saturated carbocycles. The zero-order chi connectivity index (χ0) is 17.1. The van der Waals surface area contributed by atoms with Crippen LogP contribution in [0.25, 0.3) is 32.9 Å². The summed E-state index contributed by atoms with van der Waals surface area (Å²) in [6.07, 6.45) is 4.19. The summed E-state index contributed by atoms with van der Waals surface area (Å²) in [4.78, 5) is 4.77. The number of hydrogen-bond acceptors (Lipinski definition) is 3. The van der Waals surface area contributed by atoms with Gasteiger partial charge in [0.1, 0.15) is 10.8 Å². The van der Waals surface area contributed by atoms with Crippen LogP contribution in [0.5, 0.6) is 5.75 Å². The number of aromatic nitrogens is 1. The molecule has 0 saturated heterocycles. The van der Waals surface area contributed by atoms with Gasteiger partial charge in [0.25, 0.3) is 0 Å². The van der Waals surface area contributed by atoms with Crippen molar-refractivity contribution >= 4 is 33.7 Å². The minimum Gasteiger partial charge on any atom is -0.495 e. The summed E-state index contributed by atoms with van der Waals surface area (Å²) < 4.78 is 6.92. The third-order valence-corrected chi connectivity index (χ3v) is 5.10. The fourth-order valence-corrected chi connectivity index (χ4v) is 3.81. The molecule has 25 heavy (non-hydrogen) atoms. The van der Waals surface area contributed by atoms with Gasteiger partial charge in [-0.25, -0.2) is 4.98 Å². The minimum atomic E-state index is 0.855. The van der Waals surface area contributed by atoms with Crippen LogP contribution in [0.1, 0.15) is 11.1 Å². The normalized spacial score (nSPS) is 11.2. The average molecular weight is 343 g/mol. The summed E-state index contributed by atoms with van der Waals surface area (Å²) in [6, 6.07) is 24.6. The number of nitrogens with zero attached hydrogens (tertiary/aromatic N) is 1. The second-order valence-electron chi connectivity index (χ2n) is 5.66. The number of fused-ring (bicyclic) bond motifs is 1. The van der Waals surface area contributed by atoms with E-state index in [9.17, 15) is 0 Å². The van der Waals surface area contributed by atoms with Gasteiger partial charge < -0.3 is 4.74 Å². The Morgan fingerprint density at radius 1 is 0.840 bits per heavy atom. The first-order valence-electron chi connectivity index (χ1n) is 8.11. The maximum absolute atomic E-state index is 5.73. The quantitative estimate of drug-likeness (QED) is 0.415. The first-order valence-corrected chi connectivity index (χ1v) is 8.93. The zero-order valence-corrected chi connectivity index (χ0v) is 14.7. The summed E-state index contributed by atoms with van der Waals surface area (Å²) in [5, 5.41) is 0.980. The molecule has 0 aliphatic carbocycles. The highest BCUT2D eigenvalue weighted by Crippen LogP contribution is 2.38. The van der Waals surface area contributed by atoms with E-state index in [0.717, 1.165) is 33.0 Å². The van der Waals surface area contributed by atoms with Gasteiger partial charge in [0, 0.05) is 5.56 Å². The van der Waals surface area contributed by atoms with E-state index < -0.39 is 0 Å². The van der Waals surface area contributed by atoms with Crippen molar-refractivity contribution in [1.29, 1.82) is 0 Å². The molecule has 0 bridgehead atoms. The summed E-state index contributed by atoms with van der Waals surface area (Å²) in [5.41, 5.74) is 4.26. The van der Waals surface area contributed by atoms with Gasteiger partial charge in [0.05, 0.1) is 22.9 Å². The lowest BCUT2D eigenvalue weighted by atomic mass is 10.1. The summed E-state index contributed by atoms with van der Waals surface area (Å²) in [5.74, 6) is 0.855. The van der Waals surface area contributed by atoms with E-state index in [-0.39, 0.29) is 0 Å². The van der Waals surface area contributed by atoms with Gasteiger partial charge in [-0.3, -0.25) is 0 Å². The van der Waals surface area contributed by atoms with Crippen LogP contribution in [0, 0.1) is 0 Å². The Morgan fingerprint density at radius 2 is 1.64 bits per heavy atom. The van der Waals surface area contributed by atoms with Gasteiger partial charge in [-0.2, -0.15) is 0 Å². The molecule has 0 aliphatic rings. The first kappa shape index (κ1) is 15.6. The standard InChI is InChI=1S/C22H17NOS/c1-24-21-17(15-14-16-8-3-2-4-9-16)10-7-11-18(21)22-23-19-12-5-6-13-20(19)25-22/h2-15H,1H3. The maximum atomic E-state index is 5.73. The smallest absolute Gasteiger partial charge is 0.136 e. The van der Waals surface area contributed by atoms with Crippen LogP contribution >= 0.6 is 11.3 Å². The number of para-hydroxylation sites is 2. The summed E-state index contributed by atoms with van der Waals surface area (Å²) >= 11 is 1.69. The van der Waals surface area contributed by atoms with E-state index >= 15 is 0 Å². The summed E-state index contributed by atoms with van der Waals surface area (Å²) in [6.45, 7) is 0. The van der Waals surface area contributed by atoms with E-state index in [1.54, 1.807) is 18.4 Å². The van der Waals surface area contributed by atoms with E-state index in [1.807, 2.05) is 36.4 Å². The largest absolute Gasteiger partial charge is 0.495 e. The number of thiazole rings is 1. The SMILES string of the molecule is COc1c(C=Cc2ccccc2)cccc1-c1nc2ccccc2s1. The lowest BCUT2D eigenvalue weighted by Crippen LogP contribution is -1.91. The molecule has 2 nitrogen and oxygen atoms in total. The van der Waals surface area contributed by atoms with Crippen molar-refractivity contribution in [2.75, 3.05) is 7.11 Å². The van der Waals surface area contributed by atoms with Crippen molar-refractivity contribution in [1.82, 2.24) is 4.98 Å². The van der Waals surface area contributed by atoms with Gasteiger partial charge in [-0.15, -0.1) is 11.3 Å². The van der Waals surface area contributed by atoms with Crippen LogP contribution in [0.2, 0.25) is 0 Å². The molecule has 0 fully saturated rings. The molecule has 0 amide bonds. The van der Waals surface area contributed by atoms with E-state index in [1.165, 1.54) is 4.70 Å². The molecule has 0 spiro atoms. The Balaban J connectivity index is 1.77. The van der Waals surface area contributed by atoms with Gasteiger partial charge in [-0.05, 0) is 23.8 Å². The number of benzene rings is 3. The van der Waals surface area contributed by atoms with Crippen molar-refractivity contribution in [2.45, 2.75) is 0 Å². The molecule has 3 aromatic carbocycles. The number of rotatable bonds is 4. The van der Waals surface area contributed by atoms with Crippen LogP contribution in [0.4, 0.5) is 0 Å². The van der Waals surface area contributed by atoms with E-state index in [2.05, 4.69) is 48.6 Å². The molecule has 0 atom stereocenters. The first-order chi connectivity index (χ1) is 12.3. The molecule has 0 unspecified atom stereocenters. The molecular weight excluding hydrogens is 326 g/mol. The van der Waals surface area contributed by atoms with Crippen molar-refractivity contribution in [3.63, 3.8) is 0 Å². The predicted octanol–water partition coefficient (Wildman–Crippen LogP) is 6.14. The Kier molecular flexibility index (Phi) is 4.32. The highest BCUT2D eigenvalue weighted by atomic mass is 32.1. The van der Waals surface area contributed by atoms with E-state index in [0.29, 0.717) is 0 Å². The van der Waals surface area contributed by atoms with Gasteiger partial charge in [-0.1, -0.05) is 66.7 Å². The van der Waals surface area contributed by atoms with Crippen molar-refractivity contribution in [2.24, 2.45) is 0 Å². The monoisotopic (exact) mass is 343 g/mol. The molecule has 4 rings (SSSR count). The Bertz CT molecular complexity index is 1000. The Labute approximate surface area is 151 Å². The summed E-state index contributed by atoms with van der Waals surface area (Å²) in [7, 11) is 1.71. The van der Waals surface area contributed by atoms with Crippen LogP contribution in [0.15, 0.2) is 72.8 Å². The molecule has 1 heterocycles. The van der Waals surface area contributed by atoms with Crippen molar-refractivity contribution in [3.8, 4) is 16.3 Å². The second kappa shape index (κ2) is 6.91. The third-order valence-electron chi connectivity index (χ3n) is 4.03. The molecule has 0 radical (unpaired) electrons.